The minimum atomic E-state index is -1.06. The molecule has 1 aromatic carbocycles. The smallest absolute Gasteiger partial charge is 0.247 e. The maximum Gasteiger partial charge on any atom is 0.387 e. The lowest BCUT2D eigenvalue weighted by atomic mass is 10.1. The minimum absolute atomic E-state index is 0.202. The minimum Gasteiger partial charge on any atom is -0.247 e. The Balaban J connectivity index is 2.32. The molecule has 120 valence electrons. The van der Waals surface area contributed by atoms with E-state index in [1.165, 1.54) is 36.4 Å². The summed E-state index contributed by atoms with van der Waals surface area (Å²) >= 11 is 0. The molecule has 1 unspecified atom stereocenters. The normalized spacial score (nSPS) is 19.6. The molecule has 0 N–H and O–H groups in total. The maximum absolute atomic E-state index is 11.9. The molecule has 1 aliphatic heterocycles. The van der Waals surface area contributed by atoms with E-state index in [-0.39, 0.29) is 11.1 Å². The summed E-state index contributed by atoms with van der Waals surface area (Å²) < 4.78 is 0. The van der Waals surface area contributed by atoms with Crippen LogP contribution in [0.25, 0.3) is 0 Å². The Morgan fingerprint density at radius 2 is 1.48 bits per heavy atom. The summed E-state index contributed by atoms with van der Waals surface area (Å²) in [6, 6.07) is 5.47. The van der Waals surface area contributed by atoms with Crippen molar-refractivity contribution < 1.29 is 38.7 Å². The first-order valence-corrected chi connectivity index (χ1v) is 6.59. The number of hydrogen-bond acceptors (Lipinski definition) is 8. The van der Waals surface area contributed by atoms with Gasteiger partial charge in [-0.25, -0.2) is 38.7 Å². The van der Waals surface area contributed by atoms with E-state index in [2.05, 4.69) is 19.6 Å². The molecule has 2 rings (SSSR count). The summed E-state index contributed by atoms with van der Waals surface area (Å²) in [5.41, 5.74) is -0.406. The van der Waals surface area contributed by atoms with E-state index >= 15 is 0 Å². The first-order valence-electron chi connectivity index (χ1n) is 6.59. The molecular formula is C15H12O8. The van der Waals surface area contributed by atoms with E-state index in [0.717, 1.165) is 0 Å². The summed E-state index contributed by atoms with van der Waals surface area (Å²) in [5, 5.41) is 0. The number of carbonyl (C=O) groups excluding carboxylic acids is 4. The molecule has 0 saturated carbocycles. The van der Waals surface area contributed by atoms with Crippen LogP contribution < -0.4 is 0 Å². The molecule has 0 fully saturated rings. The zero-order chi connectivity index (χ0) is 16.8. The van der Waals surface area contributed by atoms with Crippen LogP contribution >= 0.6 is 0 Å². The van der Waals surface area contributed by atoms with Crippen LogP contribution in [0.4, 0.5) is 0 Å². The fraction of sp³-hybridized carbons (Fsp3) is 0.200. The fourth-order valence-electron chi connectivity index (χ4n) is 1.83. The van der Waals surface area contributed by atoms with Crippen molar-refractivity contribution in [3.05, 3.63) is 47.5 Å². The number of benzene rings is 1. The summed E-state index contributed by atoms with van der Waals surface area (Å²) in [4.78, 5) is 64.8. The third-order valence-corrected chi connectivity index (χ3v) is 2.89. The van der Waals surface area contributed by atoms with E-state index in [0.29, 0.717) is 0 Å². The van der Waals surface area contributed by atoms with Gasteiger partial charge in [-0.15, -0.1) is 0 Å². The standard InChI is InChI=1S/C15H12O8/c1-2-5-9-8-12(16)20-22-14(18)10-6-3-4-7-11(10)15(19)23-21-13(9)17/h2-7,9H,8H2,1H3/b5-2+. The Morgan fingerprint density at radius 3 is 2.04 bits per heavy atom. The second-order valence-corrected chi connectivity index (χ2v) is 4.48. The third kappa shape index (κ3) is 3.94. The Kier molecular flexibility index (Phi) is 5.08. The van der Waals surface area contributed by atoms with Crippen LogP contribution in [0.5, 0.6) is 0 Å². The Bertz CT molecular complexity index is 676. The van der Waals surface area contributed by atoms with Gasteiger partial charge in [-0.1, -0.05) is 24.3 Å². The zero-order valence-electron chi connectivity index (χ0n) is 12.0. The second-order valence-electron chi connectivity index (χ2n) is 4.48. The highest BCUT2D eigenvalue weighted by atomic mass is 17.2. The molecule has 23 heavy (non-hydrogen) atoms. The van der Waals surface area contributed by atoms with Gasteiger partial charge in [-0.3, -0.25) is 0 Å². The molecule has 1 atom stereocenters. The lowest BCUT2D eigenvalue weighted by Crippen LogP contribution is -2.25. The summed E-state index contributed by atoms with van der Waals surface area (Å²) in [6.45, 7) is 1.62. The quantitative estimate of drug-likeness (QED) is 0.566. The second kappa shape index (κ2) is 7.21. The number of rotatable bonds is 1. The number of carbonyl (C=O) groups is 4. The van der Waals surface area contributed by atoms with E-state index in [1.54, 1.807) is 6.92 Å². The highest BCUT2D eigenvalue weighted by molar-refractivity contribution is 6.03. The van der Waals surface area contributed by atoms with Crippen LogP contribution in [0.3, 0.4) is 0 Å². The zero-order valence-corrected chi connectivity index (χ0v) is 12.0. The number of allylic oxidation sites excluding steroid dienone is 1. The van der Waals surface area contributed by atoms with Gasteiger partial charge in [0.2, 0.25) is 0 Å². The van der Waals surface area contributed by atoms with Gasteiger partial charge >= 0.3 is 23.9 Å². The molecule has 0 amide bonds. The first kappa shape index (κ1) is 16.2. The summed E-state index contributed by atoms with van der Waals surface area (Å²) in [7, 11) is 0. The van der Waals surface area contributed by atoms with Gasteiger partial charge in [-0.05, 0) is 19.1 Å². The van der Waals surface area contributed by atoms with Crippen LogP contribution in [-0.4, -0.2) is 23.9 Å². The molecule has 1 heterocycles. The van der Waals surface area contributed by atoms with Crippen molar-refractivity contribution in [1.29, 1.82) is 0 Å². The molecule has 0 bridgehead atoms. The van der Waals surface area contributed by atoms with Crippen LogP contribution in [0, 0.1) is 5.92 Å². The molecule has 8 heteroatoms. The van der Waals surface area contributed by atoms with E-state index in [1.807, 2.05) is 0 Å². The van der Waals surface area contributed by atoms with Crippen molar-refractivity contribution in [1.82, 2.24) is 0 Å². The lowest BCUT2D eigenvalue weighted by Gasteiger charge is -2.12. The van der Waals surface area contributed by atoms with Gasteiger partial charge in [0.1, 0.15) is 0 Å². The molecule has 0 aromatic heterocycles. The van der Waals surface area contributed by atoms with Crippen LogP contribution in [0.2, 0.25) is 0 Å². The monoisotopic (exact) mass is 320 g/mol. The molecule has 0 aliphatic carbocycles. The Hall–Kier alpha value is -3.16. The highest BCUT2D eigenvalue weighted by Gasteiger charge is 2.28. The topological polar surface area (TPSA) is 105 Å². The van der Waals surface area contributed by atoms with Gasteiger partial charge in [-0.2, -0.15) is 0 Å². The van der Waals surface area contributed by atoms with Crippen LogP contribution in [0.15, 0.2) is 36.4 Å². The SMILES string of the molecule is C/C=C/C1CC(=O)OOC(=O)c2ccccc2C(=O)OOC1=O. The van der Waals surface area contributed by atoms with Gasteiger partial charge in [0, 0.05) is 0 Å². The summed E-state index contributed by atoms with van der Waals surface area (Å²) in [6.07, 6.45) is 2.42. The molecule has 1 aromatic rings. The molecule has 0 radical (unpaired) electrons. The average Bonchev–Trinajstić information content (AvgIpc) is 2.56. The van der Waals surface area contributed by atoms with E-state index in [4.69, 9.17) is 0 Å². The molecular weight excluding hydrogens is 308 g/mol. The first-order chi connectivity index (χ1) is 11.0. The van der Waals surface area contributed by atoms with Crippen molar-refractivity contribution in [2.45, 2.75) is 13.3 Å². The molecule has 0 spiro atoms. The predicted molar refractivity (Wildman–Crippen MR) is 72.4 cm³/mol. The van der Waals surface area contributed by atoms with Gasteiger partial charge in [0.15, 0.2) is 0 Å². The van der Waals surface area contributed by atoms with E-state index in [9.17, 15) is 19.2 Å². The maximum atomic E-state index is 11.9. The van der Waals surface area contributed by atoms with Gasteiger partial charge < -0.3 is 0 Å². The fourth-order valence-corrected chi connectivity index (χ4v) is 1.83. The van der Waals surface area contributed by atoms with Crippen LogP contribution in [-0.2, 0) is 29.1 Å². The van der Waals surface area contributed by atoms with E-state index < -0.39 is 36.2 Å². The average molecular weight is 320 g/mol. The Morgan fingerprint density at radius 1 is 0.913 bits per heavy atom. The number of hydrogen-bond donors (Lipinski definition) is 0. The molecule has 8 nitrogen and oxygen atoms in total. The van der Waals surface area contributed by atoms with Gasteiger partial charge in [0.25, 0.3) is 0 Å². The van der Waals surface area contributed by atoms with Crippen molar-refractivity contribution in [2.24, 2.45) is 5.92 Å². The largest absolute Gasteiger partial charge is 0.387 e. The number of fused-ring (bicyclic) bond motifs is 1. The molecule has 0 saturated heterocycles. The summed E-state index contributed by atoms with van der Waals surface area (Å²) in [5.74, 6) is -5.08. The molecule has 1 aliphatic rings. The van der Waals surface area contributed by atoms with Crippen molar-refractivity contribution in [2.75, 3.05) is 0 Å². The van der Waals surface area contributed by atoms with Crippen molar-refractivity contribution in [3.8, 4) is 0 Å². The predicted octanol–water partition coefficient (Wildman–Crippen LogP) is 1.51. The van der Waals surface area contributed by atoms with Crippen LogP contribution in [0.1, 0.15) is 34.1 Å². The van der Waals surface area contributed by atoms with Gasteiger partial charge in [0.05, 0.1) is 23.5 Å². The lowest BCUT2D eigenvalue weighted by molar-refractivity contribution is -0.243. The highest BCUT2D eigenvalue weighted by Crippen LogP contribution is 2.16. The Labute approximate surface area is 130 Å². The third-order valence-electron chi connectivity index (χ3n) is 2.89. The van der Waals surface area contributed by atoms with Crippen molar-refractivity contribution >= 4 is 23.9 Å². The van der Waals surface area contributed by atoms with Crippen molar-refractivity contribution in [3.63, 3.8) is 0 Å².